The summed E-state index contributed by atoms with van der Waals surface area (Å²) in [7, 11) is 3.81. The zero-order chi connectivity index (χ0) is 20.0. The topological polar surface area (TPSA) is 112 Å². The zero-order valence-corrected chi connectivity index (χ0v) is 15.1. The van der Waals surface area contributed by atoms with Crippen molar-refractivity contribution in [2.24, 2.45) is 0 Å². The lowest BCUT2D eigenvalue weighted by Gasteiger charge is -2.15. The predicted molar refractivity (Wildman–Crippen MR) is 106 cm³/mol. The number of rotatable bonds is 4. The summed E-state index contributed by atoms with van der Waals surface area (Å²) >= 11 is 0. The van der Waals surface area contributed by atoms with Crippen molar-refractivity contribution in [3.8, 4) is 0 Å². The highest BCUT2D eigenvalue weighted by atomic mass is 16.4. The van der Waals surface area contributed by atoms with E-state index in [-0.39, 0.29) is 16.9 Å². The minimum Gasteiger partial charge on any atom is -0.478 e. The maximum atomic E-state index is 12.4. The first-order valence-corrected chi connectivity index (χ1v) is 8.46. The van der Waals surface area contributed by atoms with E-state index in [1.54, 1.807) is 6.07 Å². The Kier molecular flexibility index (Phi) is 3.96. The second-order valence-electron chi connectivity index (χ2n) is 6.60. The lowest BCUT2D eigenvalue weighted by atomic mass is 10.1. The van der Waals surface area contributed by atoms with Crippen LogP contribution in [0.4, 0.5) is 22.9 Å². The van der Waals surface area contributed by atoms with Gasteiger partial charge in [-0.05, 0) is 36.4 Å². The second kappa shape index (κ2) is 6.34. The van der Waals surface area contributed by atoms with Crippen LogP contribution >= 0.6 is 0 Å². The molecule has 3 aromatic rings. The normalized spacial score (nSPS) is 12.6. The summed E-state index contributed by atoms with van der Waals surface area (Å²) in [6.07, 6.45) is 0. The molecule has 28 heavy (non-hydrogen) atoms. The van der Waals surface area contributed by atoms with E-state index < -0.39 is 17.7 Å². The summed E-state index contributed by atoms with van der Waals surface area (Å²) in [6, 6.07) is 11.8. The Hall–Kier alpha value is -3.94. The summed E-state index contributed by atoms with van der Waals surface area (Å²) < 4.78 is 0. The van der Waals surface area contributed by atoms with E-state index in [9.17, 15) is 19.5 Å². The first-order chi connectivity index (χ1) is 13.3. The number of amides is 1. The van der Waals surface area contributed by atoms with Gasteiger partial charge in [-0.15, -0.1) is 0 Å². The molecule has 8 heteroatoms. The number of benzene rings is 2. The van der Waals surface area contributed by atoms with Crippen molar-refractivity contribution < 1.29 is 19.5 Å². The molecule has 2 heterocycles. The van der Waals surface area contributed by atoms with Crippen LogP contribution in [0.25, 0.3) is 10.9 Å². The monoisotopic (exact) mass is 376 g/mol. The molecule has 0 radical (unpaired) electrons. The van der Waals surface area contributed by atoms with Gasteiger partial charge in [0.05, 0.1) is 22.3 Å². The van der Waals surface area contributed by atoms with Crippen molar-refractivity contribution in [1.29, 1.82) is 0 Å². The van der Waals surface area contributed by atoms with Crippen LogP contribution in [0, 0.1) is 0 Å². The number of nitrogens with one attached hydrogen (secondary N) is 2. The number of carboxylic acid groups (broad SMARTS) is 1. The molecule has 0 fully saturated rings. The number of hydrogen-bond acceptors (Lipinski definition) is 6. The van der Waals surface area contributed by atoms with Crippen molar-refractivity contribution in [3.63, 3.8) is 0 Å². The van der Waals surface area contributed by atoms with Crippen molar-refractivity contribution in [2.45, 2.75) is 0 Å². The zero-order valence-electron chi connectivity index (χ0n) is 15.1. The summed E-state index contributed by atoms with van der Waals surface area (Å²) in [4.78, 5) is 42.0. The molecule has 1 aromatic heterocycles. The highest BCUT2D eigenvalue weighted by Crippen LogP contribution is 2.37. The van der Waals surface area contributed by atoms with Gasteiger partial charge in [0, 0.05) is 30.9 Å². The number of aromatic nitrogens is 1. The van der Waals surface area contributed by atoms with Crippen molar-refractivity contribution in [1.82, 2.24) is 4.98 Å². The fraction of sp³-hybridized carbons (Fsp3) is 0.100. The SMILES string of the molecule is CN(C)c1cccc(Nc2nc3cc(C(=O)O)ccc3c3c2C(=O)C(=O)N3)c1. The van der Waals surface area contributed by atoms with E-state index in [1.807, 2.05) is 43.3 Å². The van der Waals surface area contributed by atoms with Gasteiger partial charge in [0.2, 0.25) is 0 Å². The summed E-state index contributed by atoms with van der Waals surface area (Å²) in [5.41, 5.74) is 2.54. The molecule has 0 atom stereocenters. The molecule has 140 valence electrons. The van der Waals surface area contributed by atoms with Crippen LogP contribution in [0.2, 0.25) is 0 Å². The third-order valence-corrected chi connectivity index (χ3v) is 4.53. The minimum atomic E-state index is -1.09. The van der Waals surface area contributed by atoms with E-state index in [0.717, 1.165) is 5.69 Å². The smallest absolute Gasteiger partial charge is 0.335 e. The van der Waals surface area contributed by atoms with Gasteiger partial charge in [-0.1, -0.05) is 6.07 Å². The lowest BCUT2D eigenvalue weighted by Crippen LogP contribution is -2.13. The van der Waals surface area contributed by atoms with E-state index in [1.165, 1.54) is 12.1 Å². The predicted octanol–water partition coefficient (Wildman–Crippen LogP) is 2.88. The number of aromatic carboxylic acids is 1. The van der Waals surface area contributed by atoms with Gasteiger partial charge < -0.3 is 20.6 Å². The number of fused-ring (bicyclic) bond motifs is 3. The van der Waals surface area contributed by atoms with Crippen LogP contribution in [0.5, 0.6) is 0 Å². The van der Waals surface area contributed by atoms with Gasteiger partial charge in [-0.25, -0.2) is 9.78 Å². The third-order valence-electron chi connectivity index (χ3n) is 4.53. The fourth-order valence-electron chi connectivity index (χ4n) is 3.12. The molecular weight excluding hydrogens is 360 g/mol. The van der Waals surface area contributed by atoms with Crippen LogP contribution in [0.3, 0.4) is 0 Å². The number of nitrogens with zero attached hydrogens (tertiary/aromatic N) is 2. The van der Waals surface area contributed by atoms with Gasteiger partial charge in [0.25, 0.3) is 11.7 Å². The molecule has 0 aliphatic carbocycles. The van der Waals surface area contributed by atoms with E-state index in [0.29, 0.717) is 22.3 Å². The average molecular weight is 376 g/mol. The Morgan fingerprint density at radius 3 is 2.64 bits per heavy atom. The van der Waals surface area contributed by atoms with E-state index in [4.69, 9.17) is 0 Å². The number of carboxylic acids is 1. The molecule has 0 spiro atoms. The minimum absolute atomic E-state index is 0.0659. The van der Waals surface area contributed by atoms with Gasteiger partial charge in [-0.3, -0.25) is 9.59 Å². The molecule has 0 bridgehead atoms. The molecule has 4 rings (SSSR count). The fourth-order valence-corrected chi connectivity index (χ4v) is 3.12. The van der Waals surface area contributed by atoms with Crippen molar-refractivity contribution in [2.75, 3.05) is 29.6 Å². The number of anilines is 4. The van der Waals surface area contributed by atoms with Crippen LogP contribution in [-0.2, 0) is 4.79 Å². The molecule has 0 saturated heterocycles. The largest absolute Gasteiger partial charge is 0.478 e. The van der Waals surface area contributed by atoms with Crippen LogP contribution in [0.15, 0.2) is 42.5 Å². The Labute approximate surface area is 159 Å². The van der Waals surface area contributed by atoms with Gasteiger partial charge in [0.1, 0.15) is 5.82 Å². The summed E-state index contributed by atoms with van der Waals surface area (Å²) in [6.45, 7) is 0. The number of pyridine rings is 1. The number of Topliss-reactive ketones (excluding diaryl/α,β-unsaturated/α-hetero) is 1. The Balaban J connectivity index is 1.90. The molecule has 0 saturated carbocycles. The van der Waals surface area contributed by atoms with Gasteiger partial charge in [-0.2, -0.15) is 0 Å². The Morgan fingerprint density at radius 2 is 1.93 bits per heavy atom. The number of hydrogen-bond donors (Lipinski definition) is 3. The lowest BCUT2D eigenvalue weighted by molar-refractivity contribution is -0.112. The van der Waals surface area contributed by atoms with Crippen LogP contribution in [0.1, 0.15) is 20.7 Å². The number of carbonyl (C=O) groups excluding carboxylic acids is 2. The van der Waals surface area contributed by atoms with E-state index in [2.05, 4.69) is 15.6 Å². The van der Waals surface area contributed by atoms with Crippen LogP contribution in [-0.4, -0.2) is 41.8 Å². The molecule has 1 aliphatic heterocycles. The molecule has 3 N–H and O–H groups in total. The third kappa shape index (κ3) is 2.81. The quantitative estimate of drug-likeness (QED) is 0.600. The highest BCUT2D eigenvalue weighted by molar-refractivity contribution is 6.54. The molecule has 1 amide bonds. The van der Waals surface area contributed by atoms with Gasteiger partial charge in [0.15, 0.2) is 0 Å². The first kappa shape index (κ1) is 17.5. The van der Waals surface area contributed by atoms with Crippen molar-refractivity contribution >= 4 is 51.4 Å². The van der Waals surface area contributed by atoms with Crippen molar-refractivity contribution in [3.05, 3.63) is 53.6 Å². The second-order valence-corrected chi connectivity index (χ2v) is 6.60. The molecule has 1 aliphatic rings. The van der Waals surface area contributed by atoms with E-state index >= 15 is 0 Å². The maximum Gasteiger partial charge on any atom is 0.335 e. The Morgan fingerprint density at radius 1 is 1.14 bits per heavy atom. The first-order valence-electron chi connectivity index (χ1n) is 8.46. The molecule has 0 unspecified atom stereocenters. The van der Waals surface area contributed by atoms with Gasteiger partial charge >= 0.3 is 5.97 Å². The standard InChI is InChI=1S/C20H16N4O4/c1-24(2)12-5-3-4-11(9-12)21-18-15-16(23-19(26)17(15)25)13-7-6-10(20(27)28)8-14(13)22-18/h3-9H,1-2H3,(H,21,22)(H,27,28)(H,23,25,26). The Bertz CT molecular complexity index is 1170. The van der Waals surface area contributed by atoms with Crippen LogP contribution < -0.4 is 15.5 Å². The highest BCUT2D eigenvalue weighted by Gasteiger charge is 2.34. The summed E-state index contributed by atoms with van der Waals surface area (Å²) in [5, 5.41) is 15.4. The molecular formula is C20H16N4O4. The molecule has 8 nitrogen and oxygen atoms in total. The average Bonchev–Trinajstić information content (AvgIpc) is 2.97. The number of ketones is 1. The summed E-state index contributed by atoms with van der Waals surface area (Å²) in [5.74, 6) is -2.31. The maximum absolute atomic E-state index is 12.4. The molecule has 2 aromatic carbocycles. The number of carbonyl (C=O) groups is 3.